The first-order chi connectivity index (χ1) is 10.6. The minimum Gasteiger partial charge on any atom is -0.310 e. The summed E-state index contributed by atoms with van der Waals surface area (Å²) >= 11 is 0. The molecule has 1 unspecified atom stereocenters. The fourth-order valence-electron chi connectivity index (χ4n) is 3.36. The molecule has 1 atom stereocenters. The Morgan fingerprint density at radius 1 is 1.00 bits per heavy atom. The van der Waals surface area contributed by atoms with Gasteiger partial charge in [-0.05, 0) is 45.7 Å². The third kappa shape index (κ3) is 3.36. The van der Waals surface area contributed by atoms with Crippen LogP contribution in [0.2, 0.25) is 0 Å². The van der Waals surface area contributed by atoms with Crippen molar-refractivity contribution < 1.29 is 0 Å². The molecule has 22 heavy (non-hydrogen) atoms. The fourth-order valence-corrected chi connectivity index (χ4v) is 3.36. The molecule has 0 saturated carbocycles. The predicted octanol–water partition coefficient (Wildman–Crippen LogP) is 3.81. The number of aromatic nitrogens is 2. The lowest BCUT2D eigenvalue weighted by molar-refractivity contribution is 0.407. The number of rotatable bonds is 3. The van der Waals surface area contributed by atoms with Crippen LogP contribution in [0.5, 0.6) is 0 Å². The van der Waals surface area contributed by atoms with Crippen LogP contribution in [-0.2, 0) is 6.42 Å². The molecule has 3 rings (SSSR count). The van der Waals surface area contributed by atoms with E-state index in [2.05, 4.69) is 50.4 Å². The molecule has 0 bridgehead atoms. The molecule has 1 fully saturated rings. The second kappa shape index (κ2) is 6.57. The maximum Gasteiger partial charge on any atom is 0.133 e. The van der Waals surface area contributed by atoms with Gasteiger partial charge in [-0.15, -0.1) is 0 Å². The van der Waals surface area contributed by atoms with Crippen LogP contribution in [0.4, 0.5) is 0 Å². The molecule has 2 aromatic rings. The minimum absolute atomic E-state index is 0.433. The maximum atomic E-state index is 4.78. The van der Waals surface area contributed by atoms with Gasteiger partial charge in [0.2, 0.25) is 0 Å². The normalized spacial score (nSPS) is 18.4. The Bertz CT molecular complexity index is 617. The van der Waals surface area contributed by atoms with E-state index in [1.807, 2.05) is 0 Å². The summed E-state index contributed by atoms with van der Waals surface area (Å²) in [5, 5.41) is 3.61. The highest BCUT2D eigenvalue weighted by Gasteiger charge is 2.20. The lowest BCUT2D eigenvalue weighted by atomic mass is 9.95. The van der Waals surface area contributed by atoms with Gasteiger partial charge >= 0.3 is 0 Å². The number of aryl methyl sites for hydroxylation is 3. The van der Waals surface area contributed by atoms with E-state index >= 15 is 0 Å². The molecule has 1 aromatic heterocycles. The van der Waals surface area contributed by atoms with E-state index in [4.69, 9.17) is 9.97 Å². The number of hydrogen-bond donors (Lipinski definition) is 1. The standard InChI is InChI=1S/C19H25N3/c1-13-7-9-16(10-8-13)12-18-21-14(2)19(15(3)22-18)17-6-4-5-11-20-17/h7-10,17,20H,4-6,11-12H2,1-3H3. The number of nitrogens with one attached hydrogen (secondary N) is 1. The van der Waals surface area contributed by atoms with Crippen molar-refractivity contribution in [1.29, 1.82) is 0 Å². The molecule has 3 nitrogen and oxygen atoms in total. The molecule has 0 radical (unpaired) electrons. The summed E-state index contributed by atoms with van der Waals surface area (Å²) in [5.74, 6) is 0.929. The highest BCUT2D eigenvalue weighted by Crippen LogP contribution is 2.27. The van der Waals surface area contributed by atoms with Crippen LogP contribution in [0.3, 0.4) is 0 Å². The molecule has 3 heteroatoms. The summed E-state index contributed by atoms with van der Waals surface area (Å²) in [6.07, 6.45) is 4.57. The van der Waals surface area contributed by atoms with Crippen LogP contribution in [0, 0.1) is 20.8 Å². The molecular formula is C19H25N3. The number of benzene rings is 1. The van der Waals surface area contributed by atoms with Gasteiger partial charge in [0.25, 0.3) is 0 Å². The monoisotopic (exact) mass is 295 g/mol. The summed E-state index contributed by atoms with van der Waals surface area (Å²) in [4.78, 5) is 9.55. The Morgan fingerprint density at radius 3 is 2.27 bits per heavy atom. The molecule has 0 aliphatic carbocycles. The van der Waals surface area contributed by atoms with Gasteiger partial charge in [0.1, 0.15) is 5.82 Å². The highest BCUT2D eigenvalue weighted by atomic mass is 15.0. The lowest BCUT2D eigenvalue weighted by Gasteiger charge is -2.26. The number of piperidine rings is 1. The van der Waals surface area contributed by atoms with E-state index in [0.29, 0.717) is 6.04 Å². The Balaban J connectivity index is 1.83. The van der Waals surface area contributed by atoms with Crippen molar-refractivity contribution in [3.8, 4) is 0 Å². The van der Waals surface area contributed by atoms with Crippen LogP contribution >= 0.6 is 0 Å². The summed E-state index contributed by atoms with van der Waals surface area (Å²) in [7, 11) is 0. The van der Waals surface area contributed by atoms with Crippen molar-refractivity contribution >= 4 is 0 Å². The Morgan fingerprint density at radius 2 is 1.68 bits per heavy atom. The summed E-state index contributed by atoms with van der Waals surface area (Å²) < 4.78 is 0. The molecule has 1 aliphatic rings. The van der Waals surface area contributed by atoms with Crippen LogP contribution in [0.15, 0.2) is 24.3 Å². The maximum absolute atomic E-state index is 4.78. The first-order valence-electron chi connectivity index (χ1n) is 8.26. The molecule has 0 spiro atoms. The smallest absolute Gasteiger partial charge is 0.133 e. The van der Waals surface area contributed by atoms with Gasteiger partial charge in [-0.2, -0.15) is 0 Å². The first kappa shape index (κ1) is 15.2. The molecule has 1 aromatic carbocycles. The fraction of sp³-hybridized carbons (Fsp3) is 0.474. The van der Waals surface area contributed by atoms with Crippen molar-refractivity contribution in [1.82, 2.24) is 15.3 Å². The van der Waals surface area contributed by atoms with E-state index < -0.39 is 0 Å². The van der Waals surface area contributed by atoms with Crippen molar-refractivity contribution in [2.75, 3.05) is 6.54 Å². The molecule has 1 saturated heterocycles. The highest BCUT2D eigenvalue weighted by molar-refractivity contribution is 5.30. The lowest BCUT2D eigenvalue weighted by Crippen LogP contribution is -2.28. The second-order valence-corrected chi connectivity index (χ2v) is 6.39. The molecule has 0 amide bonds. The Kier molecular flexibility index (Phi) is 4.53. The average molecular weight is 295 g/mol. The second-order valence-electron chi connectivity index (χ2n) is 6.39. The molecule has 2 heterocycles. The first-order valence-corrected chi connectivity index (χ1v) is 8.26. The van der Waals surface area contributed by atoms with Crippen LogP contribution in [0.25, 0.3) is 0 Å². The van der Waals surface area contributed by atoms with Gasteiger partial charge in [0.05, 0.1) is 0 Å². The summed E-state index contributed by atoms with van der Waals surface area (Å²) in [6.45, 7) is 7.47. The van der Waals surface area contributed by atoms with Crippen LogP contribution in [0.1, 0.15) is 59.2 Å². The Labute approximate surface area is 133 Å². The minimum atomic E-state index is 0.433. The summed E-state index contributed by atoms with van der Waals surface area (Å²) in [5.41, 5.74) is 6.14. The van der Waals surface area contributed by atoms with Crippen molar-refractivity contribution in [3.63, 3.8) is 0 Å². The average Bonchev–Trinajstić information content (AvgIpc) is 2.50. The van der Waals surface area contributed by atoms with Crippen molar-refractivity contribution in [3.05, 3.63) is 58.2 Å². The molecular weight excluding hydrogens is 270 g/mol. The largest absolute Gasteiger partial charge is 0.310 e. The van der Waals surface area contributed by atoms with Gasteiger partial charge in [0.15, 0.2) is 0 Å². The van der Waals surface area contributed by atoms with Gasteiger partial charge in [-0.25, -0.2) is 9.97 Å². The zero-order valence-electron chi connectivity index (χ0n) is 13.8. The molecule has 1 aliphatic heterocycles. The molecule has 1 N–H and O–H groups in total. The quantitative estimate of drug-likeness (QED) is 0.935. The van der Waals surface area contributed by atoms with E-state index in [9.17, 15) is 0 Å². The third-order valence-electron chi connectivity index (χ3n) is 4.51. The van der Waals surface area contributed by atoms with E-state index in [1.54, 1.807) is 0 Å². The zero-order chi connectivity index (χ0) is 15.5. The third-order valence-corrected chi connectivity index (χ3v) is 4.51. The Hall–Kier alpha value is -1.74. The van der Waals surface area contributed by atoms with Crippen molar-refractivity contribution in [2.24, 2.45) is 0 Å². The van der Waals surface area contributed by atoms with Gasteiger partial charge in [0, 0.05) is 29.4 Å². The topological polar surface area (TPSA) is 37.8 Å². The predicted molar refractivity (Wildman–Crippen MR) is 90.1 cm³/mol. The van der Waals surface area contributed by atoms with E-state index in [-0.39, 0.29) is 0 Å². The van der Waals surface area contributed by atoms with Gasteiger partial charge in [-0.1, -0.05) is 36.2 Å². The van der Waals surface area contributed by atoms with Crippen LogP contribution < -0.4 is 5.32 Å². The van der Waals surface area contributed by atoms with Crippen molar-refractivity contribution in [2.45, 2.75) is 52.5 Å². The molecule has 116 valence electrons. The van der Waals surface area contributed by atoms with Crippen LogP contribution in [-0.4, -0.2) is 16.5 Å². The SMILES string of the molecule is Cc1ccc(Cc2nc(C)c(C3CCCCN3)c(C)n2)cc1. The van der Waals surface area contributed by atoms with E-state index in [0.717, 1.165) is 30.2 Å². The summed E-state index contributed by atoms with van der Waals surface area (Å²) in [6, 6.07) is 9.06. The number of hydrogen-bond acceptors (Lipinski definition) is 3. The number of nitrogens with zero attached hydrogens (tertiary/aromatic N) is 2. The van der Waals surface area contributed by atoms with Gasteiger partial charge in [-0.3, -0.25) is 0 Å². The van der Waals surface area contributed by atoms with E-state index in [1.165, 1.54) is 36.0 Å². The van der Waals surface area contributed by atoms with Gasteiger partial charge < -0.3 is 5.32 Å². The zero-order valence-corrected chi connectivity index (χ0v) is 13.8.